The molecule has 7 heteroatoms. The van der Waals surface area contributed by atoms with E-state index in [2.05, 4.69) is 10.3 Å². The third-order valence-corrected chi connectivity index (χ3v) is 2.06. The molecule has 0 aromatic carbocycles. The molecule has 0 unspecified atom stereocenters. The minimum atomic E-state index is -3.18. The van der Waals surface area contributed by atoms with Crippen molar-refractivity contribution in [1.29, 1.82) is 0 Å². The van der Waals surface area contributed by atoms with Gasteiger partial charge < -0.3 is 10.8 Å². The van der Waals surface area contributed by atoms with Crippen molar-refractivity contribution in [3.63, 3.8) is 0 Å². The zero-order valence-corrected chi connectivity index (χ0v) is 8.45. The van der Waals surface area contributed by atoms with Crippen molar-refractivity contribution in [2.75, 3.05) is 6.61 Å². The maximum atomic E-state index is 12.9. The van der Waals surface area contributed by atoms with Crippen molar-refractivity contribution in [3.8, 4) is 0 Å². The van der Waals surface area contributed by atoms with Crippen LogP contribution in [0.25, 0.3) is 0 Å². The molecule has 1 aromatic heterocycles. The van der Waals surface area contributed by atoms with Crippen LogP contribution >= 0.6 is 0 Å². The Labute approximate surface area is 85.9 Å². The molecule has 5 nitrogen and oxygen atoms in total. The summed E-state index contributed by atoms with van der Waals surface area (Å²) in [6, 6.07) is 0. The number of nitrogens with two attached hydrogens (primary N) is 1. The second-order valence-electron chi connectivity index (χ2n) is 3.21. The molecule has 1 aromatic rings. The first kappa shape index (κ1) is 12.0. The Hall–Kier alpha value is -1.08. The molecule has 86 valence electrons. The third kappa shape index (κ3) is 2.69. The van der Waals surface area contributed by atoms with Gasteiger partial charge in [0.15, 0.2) is 0 Å². The van der Waals surface area contributed by atoms with Crippen LogP contribution in [0, 0.1) is 0 Å². The SMILES string of the molecule is CCc1c(CN)nnn1CC(F)(F)CO. The average Bonchev–Trinajstić information content (AvgIpc) is 2.59. The first-order valence-electron chi connectivity index (χ1n) is 4.64. The summed E-state index contributed by atoms with van der Waals surface area (Å²) in [4.78, 5) is 0. The van der Waals surface area contributed by atoms with Gasteiger partial charge in [0.2, 0.25) is 0 Å². The Kier molecular flexibility index (Phi) is 3.70. The minimum absolute atomic E-state index is 0.174. The van der Waals surface area contributed by atoms with Crippen molar-refractivity contribution in [3.05, 3.63) is 11.4 Å². The van der Waals surface area contributed by atoms with Gasteiger partial charge in [-0.05, 0) is 6.42 Å². The van der Waals surface area contributed by atoms with E-state index in [-0.39, 0.29) is 6.54 Å². The summed E-state index contributed by atoms with van der Waals surface area (Å²) in [6.07, 6.45) is 0.529. The standard InChI is InChI=1S/C8H14F2N4O/c1-2-7-6(3-11)12-13-14(7)4-8(9,10)5-15/h15H,2-5,11H2,1H3. The molecule has 0 aliphatic rings. The highest BCUT2D eigenvalue weighted by Crippen LogP contribution is 2.17. The highest BCUT2D eigenvalue weighted by Gasteiger charge is 2.30. The third-order valence-electron chi connectivity index (χ3n) is 2.06. The van der Waals surface area contributed by atoms with Crippen LogP contribution in [-0.4, -0.2) is 32.6 Å². The van der Waals surface area contributed by atoms with E-state index < -0.39 is 19.1 Å². The molecular formula is C8H14F2N4O. The maximum Gasteiger partial charge on any atom is 0.289 e. The summed E-state index contributed by atoms with van der Waals surface area (Å²) in [5, 5.41) is 15.7. The highest BCUT2D eigenvalue weighted by atomic mass is 19.3. The molecular weight excluding hydrogens is 206 g/mol. The molecule has 15 heavy (non-hydrogen) atoms. The molecule has 0 fully saturated rings. The smallest absolute Gasteiger partial charge is 0.289 e. The van der Waals surface area contributed by atoms with Gasteiger partial charge in [0.25, 0.3) is 5.92 Å². The second-order valence-corrected chi connectivity index (χ2v) is 3.21. The molecule has 0 saturated carbocycles. The molecule has 0 amide bonds. The summed E-state index contributed by atoms with van der Waals surface area (Å²) < 4.78 is 26.9. The molecule has 0 aliphatic carbocycles. The number of nitrogens with zero attached hydrogens (tertiary/aromatic N) is 3. The van der Waals surface area contributed by atoms with Crippen LogP contribution in [0.3, 0.4) is 0 Å². The molecule has 3 N–H and O–H groups in total. The quantitative estimate of drug-likeness (QED) is 0.728. The Morgan fingerprint density at radius 3 is 2.67 bits per heavy atom. The van der Waals surface area contributed by atoms with Gasteiger partial charge in [-0.15, -0.1) is 5.10 Å². The zero-order chi connectivity index (χ0) is 11.5. The molecule has 1 rings (SSSR count). The van der Waals surface area contributed by atoms with Gasteiger partial charge in [-0.3, -0.25) is 0 Å². The average molecular weight is 220 g/mol. The summed E-state index contributed by atoms with van der Waals surface area (Å²) >= 11 is 0. The minimum Gasteiger partial charge on any atom is -0.390 e. The lowest BCUT2D eigenvalue weighted by Gasteiger charge is -2.14. The Balaban J connectivity index is 2.90. The zero-order valence-electron chi connectivity index (χ0n) is 8.45. The molecule has 0 bridgehead atoms. The van der Waals surface area contributed by atoms with Crippen LogP contribution in [0.4, 0.5) is 8.78 Å². The van der Waals surface area contributed by atoms with E-state index in [1.807, 2.05) is 6.92 Å². The Morgan fingerprint density at radius 2 is 2.20 bits per heavy atom. The number of alkyl halides is 2. The monoisotopic (exact) mass is 220 g/mol. The predicted octanol–water partition coefficient (Wildman–Crippen LogP) is -0.0732. The first-order valence-corrected chi connectivity index (χ1v) is 4.64. The van der Waals surface area contributed by atoms with Crippen LogP contribution in [0.2, 0.25) is 0 Å². The second kappa shape index (κ2) is 4.63. The topological polar surface area (TPSA) is 77.0 Å². The maximum absolute atomic E-state index is 12.9. The fraction of sp³-hybridized carbons (Fsp3) is 0.750. The van der Waals surface area contributed by atoms with Crippen molar-refractivity contribution in [1.82, 2.24) is 15.0 Å². The lowest BCUT2D eigenvalue weighted by Crippen LogP contribution is -2.29. The normalized spacial score (nSPS) is 12.1. The summed E-state index contributed by atoms with van der Waals surface area (Å²) in [5.41, 5.74) is 6.49. The summed E-state index contributed by atoms with van der Waals surface area (Å²) in [6.45, 7) is 0.118. The molecule has 0 saturated heterocycles. The van der Waals surface area contributed by atoms with E-state index in [1.165, 1.54) is 0 Å². The van der Waals surface area contributed by atoms with Gasteiger partial charge in [-0.2, -0.15) is 0 Å². The Bertz CT molecular complexity index is 326. The van der Waals surface area contributed by atoms with Gasteiger partial charge >= 0.3 is 0 Å². The van der Waals surface area contributed by atoms with Gasteiger partial charge in [0.05, 0.1) is 11.4 Å². The summed E-state index contributed by atoms with van der Waals surface area (Å²) in [7, 11) is 0. The van der Waals surface area contributed by atoms with Crippen molar-refractivity contribution < 1.29 is 13.9 Å². The lowest BCUT2D eigenvalue weighted by molar-refractivity contribution is -0.0660. The number of hydrogen-bond acceptors (Lipinski definition) is 4. The van der Waals surface area contributed by atoms with E-state index in [1.54, 1.807) is 0 Å². The fourth-order valence-electron chi connectivity index (χ4n) is 1.31. The highest BCUT2D eigenvalue weighted by molar-refractivity contribution is 5.09. The number of aliphatic hydroxyl groups excluding tert-OH is 1. The van der Waals surface area contributed by atoms with Gasteiger partial charge in [0.1, 0.15) is 13.2 Å². The van der Waals surface area contributed by atoms with E-state index in [0.717, 1.165) is 4.68 Å². The van der Waals surface area contributed by atoms with E-state index >= 15 is 0 Å². The Morgan fingerprint density at radius 1 is 1.53 bits per heavy atom. The molecule has 0 atom stereocenters. The number of halogens is 2. The van der Waals surface area contributed by atoms with E-state index in [9.17, 15) is 8.78 Å². The molecule has 0 aliphatic heterocycles. The van der Waals surface area contributed by atoms with Crippen LogP contribution in [0.15, 0.2) is 0 Å². The van der Waals surface area contributed by atoms with E-state index in [4.69, 9.17) is 10.8 Å². The first-order chi connectivity index (χ1) is 7.04. The molecule has 0 spiro atoms. The van der Waals surface area contributed by atoms with Crippen molar-refractivity contribution >= 4 is 0 Å². The van der Waals surface area contributed by atoms with Crippen LogP contribution in [0.1, 0.15) is 18.3 Å². The number of aliphatic hydroxyl groups is 1. The van der Waals surface area contributed by atoms with Gasteiger partial charge in [-0.25, -0.2) is 13.5 Å². The van der Waals surface area contributed by atoms with Crippen LogP contribution < -0.4 is 5.73 Å². The predicted molar refractivity (Wildman–Crippen MR) is 49.3 cm³/mol. The van der Waals surface area contributed by atoms with Crippen LogP contribution in [-0.2, 0) is 19.5 Å². The lowest BCUT2D eigenvalue weighted by atomic mass is 10.2. The number of rotatable bonds is 5. The molecule has 0 radical (unpaired) electrons. The van der Waals surface area contributed by atoms with Crippen molar-refractivity contribution in [2.45, 2.75) is 32.4 Å². The van der Waals surface area contributed by atoms with E-state index in [0.29, 0.717) is 17.8 Å². The van der Waals surface area contributed by atoms with Crippen LogP contribution in [0.5, 0.6) is 0 Å². The van der Waals surface area contributed by atoms with Gasteiger partial charge in [-0.1, -0.05) is 12.1 Å². The molecule has 1 heterocycles. The largest absolute Gasteiger partial charge is 0.390 e. The summed E-state index contributed by atoms with van der Waals surface area (Å²) in [5.74, 6) is -3.18. The number of hydrogen-bond donors (Lipinski definition) is 2. The van der Waals surface area contributed by atoms with Crippen molar-refractivity contribution in [2.24, 2.45) is 5.73 Å². The number of aromatic nitrogens is 3. The van der Waals surface area contributed by atoms with Gasteiger partial charge in [0, 0.05) is 6.54 Å². The fourth-order valence-corrected chi connectivity index (χ4v) is 1.31.